The van der Waals surface area contributed by atoms with E-state index in [-0.39, 0.29) is 24.0 Å². The highest BCUT2D eigenvalue weighted by Crippen LogP contribution is 2.18. The number of aliphatic hydroxyl groups excluding tert-OH is 1. The first-order chi connectivity index (χ1) is 9.08. The van der Waals surface area contributed by atoms with E-state index in [0.29, 0.717) is 5.82 Å². The van der Waals surface area contributed by atoms with Gasteiger partial charge >= 0.3 is 6.01 Å². The van der Waals surface area contributed by atoms with Crippen molar-refractivity contribution in [2.45, 2.75) is 25.9 Å². The minimum absolute atomic E-state index is 0.0979. The summed E-state index contributed by atoms with van der Waals surface area (Å²) >= 11 is 0. The van der Waals surface area contributed by atoms with Crippen LogP contribution in [-0.4, -0.2) is 21.8 Å². The van der Waals surface area contributed by atoms with Gasteiger partial charge in [0.05, 0.1) is 6.10 Å². The van der Waals surface area contributed by atoms with Gasteiger partial charge < -0.3 is 14.9 Å². The zero-order valence-corrected chi connectivity index (χ0v) is 10.8. The molecule has 0 aliphatic rings. The number of anilines is 1. The summed E-state index contributed by atoms with van der Waals surface area (Å²) in [5.74, 6) is 0.309. The molecule has 0 bridgehead atoms. The van der Waals surface area contributed by atoms with Crippen LogP contribution in [0.5, 0.6) is 0 Å². The van der Waals surface area contributed by atoms with Gasteiger partial charge in [-0.3, -0.25) is 0 Å². The molecule has 1 heterocycles. The first-order valence-electron chi connectivity index (χ1n) is 6.08. The number of aromatic nitrogens is 2. The van der Waals surface area contributed by atoms with Crippen molar-refractivity contribution in [2.24, 2.45) is 0 Å². The molecule has 2 rings (SSSR count). The summed E-state index contributed by atoms with van der Waals surface area (Å²) in [4.78, 5) is 4.10. The molecule has 1 aromatic heterocycles. The van der Waals surface area contributed by atoms with Crippen LogP contribution < -0.4 is 5.32 Å². The quantitative estimate of drug-likeness (QED) is 0.869. The van der Waals surface area contributed by atoms with E-state index < -0.39 is 11.9 Å². The minimum Gasteiger partial charge on any atom is -0.386 e. The van der Waals surface area contributed by atoms with E-state index in [2.05, 4.69) is 15.5 Å². The Morgan fingerprint density at radius 1 is 1.37 bits per heavy atom. The number of nitrogens with zero attached hydrogens (tertiary/aromatic N) is 2. The number of nitrogens with one attached hydrogen (secondary N) is 1. The van der Waals surface area contributed by atoms with Crippen molar-refractivity contribution < 1.29 is 14.0 Å². The van der Waals surface area contributed by atoms with Gasteiger partial charge in [-0.1, -0.05) is 37.2 Å². The fourth-order valence-electron chi connectivity index (χ4n) is 1.58. The number of hydrogen-bond acceptors (Lipinski definition) is 5. The van der Waals surface area contributed by atoms with E-state index in [1.165, 1.54) is 12.1 Å². The molecule has 0 saturated carbocycles. The van der Waals surface area contributed by atoms with Crippen LogP contribution in [0.3, 0.4) is 0 Å². The third kappa shape index (κ3) is 3.29. The molecular weight excluding hydrogens is 249 g/mol. The van der Waals surface area contributed by atoms with E-state index in [0.717, 1.165) is 0 Å². The summed E-state index contributed by atoms with van der Waals surface area (Å²) in [5, 5.41) is 16.5. The van der Waals surface area contributed by atoms with Crippen molar-refractivity contribution in [1.29, 1.82) is 0 Å². The molecule has 0 saturated heterocycles. The first kappa shape index (κ1) is 13.5. The third-order valence-corrected chi connectivity index (χ3v) is 2.67. The van der Waals surface area contributed by atoms with Crippen LogP contribution in [0.15, 0.2) is 28.8 Å². The summed E-state index contributed by atoms with van der Waals surface area (Å²) in [7, 11) is 0. The van der Waals surface area contributed by atoms with Gasteiger partial charge in [-0.2, -0.15) is 4.98 Å². The Morgan fingerprint density at radius 3 is 2.74 bits per heavy atom. The van der Waals surface area contributed by atoms with Gasteiger partial charge in [0.2, 0.25) is 0 Å². The van der Waals surface area contributed by atoms with Crippen LogP contribution in [-0.2, 0) is 0 Å². The highest BCUT2D eigenvalue weighted by molar-refractivity contribution is 5.24. The Balaban J connectivity index is 1.96. The van der Waals surface area contributed by atoms with Crippen molar-refractivity contribution >= 4 is 6.01 Å². The lowest BCUT2D eigenvalue weighted by Crippen LogP contribution is -2.13. The average molecular weight is 265 g/mol. The maximum atomic E-state index is 13.4. The van der Waals surface area contributed by atoms with Crippen LogP contribution in [0.25, 0.3) is 0 Å². The molecule has 6 heteroatoms. The Labute approximate surface area is 110 Å². The fourth-order valence-corrected chi connectivity index (χ4v) is 1.58. The lowest BCUT2D eigenvalue weighted by molar-refractivity contribution is 0.185. The normalized spacial score (nSPS) is 12.7. The maximum Gasteiger partial charge on any atom is 0.321 e. The number of rotatable bonds is 5. The summed E-state index contributed by atoms with van der Waals surface area (Å²) < 4.78 is 18.4. The second kappa shape index (κ2) is 5.79. The van der Waals surface area contributed by atoms with Crippen molar-refractivity contribution in [3.05, 3.63) is 41.5 Å². The van der Waals surface area contributed by atoms with E-state index in [1.807, 2.05) is 13.8 Å². The van der Waals surface area contributed by atoms with Crippen LogP contribution in [0.4, 0.5) is 10.4 Å². The van der Waals surface area contributed by atoms with Gasteiger partial charge in [0.15, 0.2) is 5.82 Å². The molecule has 0 fully saturated rings. The van der Waals surface area contributed by atoms with Crippen molar-refractivity contribution in [1.82, 2.24) is 10.1 Å². The molecule has 0 amide bonds. The summed E-state index contributed by atoms with van der Waals surface area (Å²) in [6, 6.07) is 6.31. The Kier molecular flexibility index (Phi) is 4.11. The number of aliphatic hydroxyl groups is 1. The standard InChI is InChI=1S/C13H16FN3O2/c1-8(2)12-16-13(19-17-12)15-7-11(18)9-5-3-4-6-10(9)14/h3-6,8,11,18H,7H2,1-2H3,(H,15,16,17). The smallest absolute Gasteiger partial charge is 0.321 e. The topological polar surface area (TPSA) is 71.2 Å². The third-order valence-electron chi connectivity index (χ3n) is 2.67. The Morgan fingerprint density at radius 2 is 2.11 bits per heavy atom. The predicted octanol–water partition coefficient (Wildman–Crippen LogP) is 2.48. The van der Waals surface area contributed by atoms with Crippen molar-refractivity contribution in [3.63, 3.8) is 0 Å². The van der Waals surface area contributed by atoms with Crippen molar-refractivity contribution in [2.75, 3.05) is 11.9 Å². The van der Waals surface area contributed by atoms with Gasteiger partial charge in [0.1, 0.15) is 5.82 Å². The van der Waals surface area contributed by atoms with Gasteiger partial charge in [-0.05, 0) is 6.07 Å². The van der Waals surface area contributed by atoms with Crippen LogP contribution >= 0.6 is 0 Å². The molecule has 2 aromatic rings. The molecule has 5 nitrogen and oxygen atoms in total. The molecule has 0 aliphatic carbocycles. The second-order valence-electron chi connectivity index (χ2n) is 4.53. The molecule has 0 spiro atoms. The number of benzene rings is 1. The Bertz CT molecular complexity index is 542. The maximum absolute atomic E-state index is 13.4. The zero-order chi connectivity index (χ0) is 13.8. The average Bonchev–Trinajstić information content (AvgIpc) is 2.85. The number of hydrogen-bond donors (Lipinski definition) is 2. The molecule has 0 radical (unpaired) electrons. The van der Waals surface area contributed by atoms with Crippen LogP contribution in [0.2, 0.25) is 0 Å². The fraction of sp³-hybridized carbons (Fsp3) is 0.385. The van der Waals surface area contributed by atoms with Gasteiger partial charge in [0, 0.05) is 18.0 Å². The van der Waals surface area contributed by atoms with Crippen molar-refractivity contribution in [3.8, 4) is 0 Å². The molecular formula is C13H16FN3O2. The lowest BCUT2D eigenvalue weighted by atomic mass is 10.1. The summed E-state index contributed by atoms with van der Waals surface area (Å²) in [5.41, 5.74) is 0.235. The van der Waals surface area contributed by atoms with E-state index in [9.17, 15) is 9.50 Å². The first-order valence-corrected chi connectivity index (χ1v) is 6.08. The molecule has 102 valence electrons. The molecule has 1 aromatic carbocycles. The highest BCUT2D eigenvalue weighted by Gasteiger charge is 2.14. The largest absolute Gasteiger partial charge is 0.386 e. The van der Waals surface area contributed by atoms with Crippen LogP contribution in [0, 0.1) is 5.82 Å². The molecule has 19 heavy (non-hydrogen) atoms. The number of halogens is 1. The van der Waals surface area contributed by atoms with E-state index >= 15 is 0 Å². The molecule has 0 aliphatic heterocycles. The predicted molar refractivity (Wildman–Crippen MR) is 68.2 cm³/mol. The molecule has 1 atom stereocenters. The zero-order valence-electron chi connectivity index (χ0n) is 10.8. The van der Waals surface area contributed by atoms with Gasteiger partial charge in [0.25, 0.3) is 0 Å². The Hall–Kier alpha value is -1.95. The van der Waals surface area contributed by atoms with Crippen LogP contribution in [0.1, 0.15) is 37.3 Å². The monoisotopic (exact) mass is 265 g/mol. The summed E-state index contributed by atoms with van der Waals surface area (Å²) in [6.07, 6.45) is -0.976. The molecule has 1 unspecified atom stereocenters. The van der Waals surface area contributed by atoms with E-state index in [1.54, 1.807) is 12.1 Å². The SMILES string of the molecule is CC(C)c1noc(NCC(O)c2ccccc2F)n1. The lowest BCUT2D eigenvalue weighted by Gasteiger charge is -2.11. The second-order valence-corrected chi connectivity index (χ2v) is 4.53. The molecule has 2 N–H and O–H groups in total. The summed E-state index contributed by atoms with van der Waals surface area (Å²) in [6.45, 7) is 3.99. The van der Waals surface area contributed by atoms with Gasteiger partial charge in [-0.25, -0.2) is 4.39 Å². The highest BCUT2D eigenvalue weighted by atomic mass is 19.1. The van der Waals surface area contributed by atoms with Gasteiger partial charge in [-0.15, -0.1) is 0 Å². The van der Waals surface area contributed by atoms with E-state index in [4.69, 9.17) is 4.52 Å². The minimum atomic E-state index is -0.976.